The number of aliphatic hydroxyl groups is 1. The summed E-state index contributed by atoms with van der Waals surface area (Å²) in [5, 5.41) is 9.06. The van der Waals surface area contributed by atoms with E-state index in [-0.39, 0.29) is 0 Å². The van der Waals surface area contributed by atoms with E-state index in [1.54, 1.807) is 18.2 Å². The summed E-state index contributed by atoms with van der Waals surface area (Å²) >= 11 is 0. The van der Waals surface area contributed by atoms with Crippen molar-refractivity contribution in [3.05, 3.63) is 37.0 Å². The van der Waals surface area contributed by atoms with Gasteiger partial charge in [0.15, 0.2) is 0 Å². The van der Waals surface area contributed by atoms with Gasteiger partial charge in [0.2, 0.25) is 0 Å². The van der Waals surface area contributed by atoms with Gasteiger partial charge >= 0.3 is 0 Å². The third-order valence-corrected chi connectivity index (χ3v) is 1.02. The number of aliphatic hydroxyl groups excluding tert-OH is 1. The van der Waals surface area contributed by atoms with Crippen LogP contribution in [0.3, 0.4) is 0 Å². The van der Waals surface area contributed by atoms with Gasteiger partial charge in [0.1, 0.15) is 0 Å². The predicted molar refractivity (Wildman–Crippen MR) is 40.2 cm³/mol. The summed E-state index contributed by atoms with van der Waals surface area (Å²) in [6.07, 6.45) is 4.42. The van der Waals surface area contributed by atoms with Gasteiger partial charge in [-0.1, -0.05) is 31.4 Å². The molecular weight excluding hydrogens is 112 g/mol. The largest absolute Gasteiger partial charge is 0.384 e. The predicted octanol–water partition coefficient (Wildman–Crippen LogP) is 1.67. The lowest BCUT2D eigenvalue weighted by molar-refractivity contribution is 0.263. The molecule has 0 bridgehead atoms. The third kappa shape index (κ3) is 2.88. The van der Waals surface area contributed by atoms with Crippen LogP contribution in [0, 0.1) is 0 Å². The van der Waals surface area contributed by atoms with Crippen LogP contribution in [0.5, 0.6) is 0 Å². The molecule has 9 heavy (non-hydrogen) atoms. The van der Waals surface area contributed by atoms with Crippen molar-refractivity contribution < 1.29 is 5.11 Å². The Morgan fingerprint density at radius 2 is 2.22 bits per heavy atom. The third-order valence-electron chi connectivity index (χ3n) is 1.02. The number of hydrogen-bond donors (Lipinski definition) is 1. The molecule has 1 N–H and O–H groups in total. The highest BCUT2D eigenvalue weighted by Gasteiger charge is 1.96. The maximum atomic E-state index is 9.06. The smallest absolute Gasteiger partial charge is 0.0965 e. The second-order valence-corrected chi connectivity index (χ2v) is 1.75. The van der Waals surface area contributed by atoms with Gasteiger partial charge in [0.25, 0.3) is 0 Å². The van der Waals surface area contributed by atoms with Crippen molar-refractivity contribution in [3.63, 3.8) is 0 Å². The Morgan fingerprint density at radius 1 is 1.67 bits per heavy atom. The fourth-order valence-corrected chi connectivity index (χ4v) is 0.427. The maximum Gasteiger partial charge on any atom is 0.0965 e. The van der Waals surface area contributed by atoms with Crippen molar-refractivity contribution in [2.75, 3.05) is 0 Å². The van der Waals surface area contributed by atoms with E-state index in [4.69, 9.17) is 5.11 Å². The molecule has 0 rings (SSSR count). The average molecular weight is 124 g/mol. The molecule has 0 heterocycles. The highest BCUT2D eigenvalue weighted by Crippen LogP contribution is 2.00. The molecule has 0 aliphatic rings. The zero-order chi connectivity index (χ0) is 7.28. The maximum absolute atomic E-state index is 9.06. The van der Waals surface area contributed by atoms with Crippen LogP contribution in [0.15, 0.2) is 37.0 Å². The summed E-state index contributed by atoms with van der Waals surface area (Å²) in [5.74, 6) is 0. The minimum atomic E-state index is -0.563. The first-order valence-corrected chi connectivity index (χ1v) is 2.84. The Labute approximate surface area is 56.0 Å². The molecule has 0 amide bonds. The van der Waals surface area contributed by atoms with Crippen LogP contribution in [-0.4, -0.2) is 11.2 Å². The van der Waals surface area contributed by atoms with Gasteiger partial charge < -0.3 is 5.11 Å². The van der Waals surface area contributed by atoms with Gasteiger partial charge in [-0.2, -0.15) is 0 Å². The second-order valence-electron chi connectivity index (χ2n) is 1.75. The zero-order valence-electron chi connectivity index (χ0n) is 5.67. The van der Waals surface area contributed by atoms with Crippen molar-refractivity contribution >= 4 is 0 Å². The first-order chi connectivity index (χ1) is 4.22. The molecule has 0 spiro atoms. The van der Waals surface area contributed by atoms with E-state index in [1.165, 1.54) is 0 Å². The topological polar surface area (TPSA) is 20.2 Å². The van der Waals surface area contributed by atoms with Crippen LogP contribution in [0.25, 0.3) is 0 Å². The monoisotopic (exact) mass is 124 g/mol. The van der Waals surface area contributed by atoms with Crippen LogP contribution < -0.4 is 0 Å². The van der Waals surface area contributed by atoms with Gasteiger partial charge in [-0.3, -0.25) is 0 Å². The summed E-state index contributed by atoms with van der Waals surface area (Å²) in [6.45, 7) is 8.89. The molecule has 50 valence electrons. The van der Waals surface area contributed by atoms with E-state index in [9.17, 15) is 0 Å². The summed E-state index contributed by atoms with van der Waals surface area (Å²) < 4.78 is 0. The summed E-state index contributed by atoms with van der Waals surface area (Å²) in [4.78, 5) is 0. The number of rotatable bonds is 3. The lowest BCUT2D eigenvalue weighted by atomic mass is 10.1. The van der Waals surface area contributed by atoms with Crippen LogP contribution in [0.4, 0.5) is 0 Å². The van der Waals surface area contributed by atoms with Gasteiger partial charge in [0, 0.05) is 0 Å². The molecule has 0 fully saturated rings. The van der Waals surface area contributed by atoms with E-state index in [0.29, 0.717) is 5.57 Å². The highest BCUT2D eigenvalue weighted by atomic mass is 16.3. The minimum absolute atomic E-state index is 0.563. The molecule has 0 aromatic carbocycles. The molecule has 0 saturated heterocycles. The Balaban J connectivity index is 3.87. The highest BCUT2D eigenvalue weighted by molar-refractivity contribution is 5.21. The van der Waals surface area contributed by atoms with Crippen molar-refractivity contribution in [2.45, 2.75) is 13.0 Å². The molecule has 1 nitrogen and oxygen atoms in total. The molecular formula is C8H12O. The average Bonchev–Trinajstić information content (AvgIpc) is 1.87. The zero-order valence-corrected chi connectivity index (χ0v) is 5.67. The van der Waals surface area contributed by atoms with Gasteiger partial charge in [-0.15, -0.1) is 0 Å². The quantitative estimate of drug-likeness (QED) is 0.448. The molecule has 0 aromatic heterocycles. The fraction of sp³-hybridized carbons (Fsp3) is 0.250. The van der Waals surface area contributed by atoms with E-state index in [1.807, 2.05) is 6.92 Å². The van der Waals surface area contributed by atoms with E-state index >= 15 is 0 Å². The summed E-state index contributed by atoms with van der Waals surface area (Å²) in [5.41, 5.74) is 0.633. The Bertz CT molecular complexity index is 134. The molecule has 0 aliphatic heterocycles. The van der Waals surface area contributed by atoms with E-state index < -0.39 is 6.10 Å². The Kier molecular flexibility index (Phi) is 3.72. The van der Waals surface area contributed by atoms with Crippen LogP contribution in [-0.2, 0) is 0 Å². The molecule has 1 unspecified atom stereocenters. The Hall–Kier alpha value is -0.820. The number of allylic oxidation sites excluding steroid dienone is 1. The number of hydrogen-bond acceptors (Lipinski definition) is 1. The van der Waals surface area contributed by atoms with Crippen LogP contribution >= 0.6 is 0 Å². The fourth-order valence-electron chi connectivity index (χ4n) is 0.427. The molecule has 0 saturated carbocycles. The van der Waals surface area contributed by atoms with Crippen molar-refractivity contribution in [2.24, 2.45) is 0 Å². The molecule has 0 aromatic rings. The van der Waals surface area contributed by atoms with Crippen molar-refractivity contribution in [3.8, 4) is 0 Å². The lowest BCUT2D eigenvalue weighted by Crippen LogP contribution is -2.02. The van der Waals surface area contributed by atoms with Gasteiger partial charge in [0.05, 0.1) is 6.10 Å². The first-order valence-electron chi connectivity index (χ1n) is 2.84. The lowest BCUT2D eigenvalue weighted by Gasteiger charge is -2.01. The Morgan fingerprint density at radius 3 is 2.56 bits per heavy atom. The van der Waals surface area contributed by atoms with Crippen molar-refractivity contribution in [1.29, 1.82) is 0 Å². The molecule has 1 atom stereocenters. The van der Waals surface area contributed by atoms with Crippen LogP contribution in [0.2, 0.25) is 0 Å². The van der Waals surface area contributed by atoms with Crippen molar-refractivity contribution in [1.82, 2.24) is 0 Å². The normalized spacial score (nSPS) is 13.6. The first kappa shape index (κ1) is 8.18. The minimum Gasteiger partial charge on any atom is -0.384 e. The summed E-state index contributed by atoms with van der Waals surface area (Å²) in [7, 11) is 0. The second kappa shape index (κ2) is 4.10. The summed E-state index contributed by atoms with van der Waals surface area (Å²) in [6, 6.07) is 0. The van der Waals surface area contributed by atoms with E-state index in [2.05, 4.69) is 13.2 Å². The van der Waals surface area contributed by atoms with E-state index in [0.717, 1.165) is 0 Å². The van der Waals surface area contributed by atoms with Crippen LogP contribution in [0.1, 0.15) is 6.92 Å². The molecule has 0 aliphatic carbocycles. The standard InChI is InChI=1S/C8H12O/c1-4-6-8(9)7(3)5-2/h4-6,8-9H,2-3H2,1H3/b6-4+. The SMILES string of the molecule is C=CC(=C)C(O)/C=C/C. The van der Waals surface area contributed by atoms with Gasteiger partial charge in [-0.05, 0) is 12.5 Å². The van der Waals surface area contributed by atoms with Gasteiger partial charge in [-0.25, -0.2) is 0 Å². The molecule has 1 heteroatoms. The molecule has 0 radical (unpaired) electrons.